The number of amides is 1. The molecular weight excluding hydrogens is 242 g/mol. The van der Waals surface area contributed by atoms with Crippen LogP contribution in [0.25, 0.3) is 0 Å². The number of hydrogen-bond acceptors (Lipinski definition) is 6. The zero-order valence-electron chi connectivity index (χ0n) is 9.94. The van der Waals surface area contributed by atoms with E-state index in [0.717, 1.165) is 0 Å². The van der Waals surface area contributed by atoms with Crippen LogP contribution in [0.5, 0.6) is 0 Å². The van der Waals surface area contributed by atoms with Crippen molar-refractivity contribution in [3.8, 4) is 0 Å². The normalized spacial score (nSPS) is 11.7. The molecule has 1 aromatic heterocycles. The van der Waals surface area contributed by atoms with Crippen LogP contribution in [0.15, 0.2) is 5.38 Å². The van der Waals surface area contributed by atoms with Gasteiger partial charge < -0.3 is 15.4 Å². The number of methoxy groups -OCH3 is 1. The summed E-state index contributed by atoms with van der Waals surface area (Å²) in [6, 6.07) is -0.364. The van der Waals surface area contributed by atoms with Gasteiger partial charge in [0.05, 0.1) is 19.2 Å². The van der Waals surface area contributed by atoms with E-state index >= 15 is 0 Å². The van der Waals surface area contributed by atoms with Crippen molar-refractivity contribution in [2.45, 2.75) is 19.4 Å². The van der Waals surface area contributed by atoms with E-state index < -0.39 is 0 Å². The van der Waals surface area contributed by atoms with E-state index in [-0.39, 0.29) is 24.3 Å². The number of hydrogen-bond donors (Lipinski definition) is 2. The molecule has 1 aromatic rings. The summed E-state index contributed by atoms with van der Waals surface area (Å²) in [6.07, 6.45) is 0.142. The molecule has 1 unspecified atom stereocenters. The first-order valence-electron chi connectivity index (χ1n) is 5.06. The summed E-state index contributed by atoms with van der Waals surface area (Å²) in [5, 5.41) is 7.85. The van der Waals surface area contributed by atoms with Gasteiger partial charge in [-0.3, -0.25) is 9.59 Å². The van der Waals surface area contributed by atoms with Gasteiger partial charge in [-0.25, -0.2) is 4.98 Å². The molecule has 6 nitrogen and oxygen atoms in total. The van der Waals surface area contributed by atoms with Crippen LogP contribution >= 0.6 is 11.3 Å². The summed E-state index contributed by atoms with van der Waals surface area (Å²) in [5.41, 5.74) is 0.633. The van der Waals surface area contributed by atoms with Crippen LogP contribution in [0, 0.1) is 0 Å². The first-order chi connectivity index (χ1) is 8.06. The Kier molecular flexibility index (Phi) is 4.89. The highest BCUT2D eigenvalue weighted by Crippen LogP contribution is 2.16. The largest absolute Gasteiger partial charge is 0.469 e. The van der Waals surface area contributed by atoms with Gasteiger partial charge in [0.15, 0.2) is 5.13 Å². The number of likely N-dealkylation sites (N-methyl/N-ethyl adjacent to an activating group) is 1. The molecule has 0 aromatic carbocycles. The second-order valence-electron chi connectivity index (χ2n) is 3.38. The number of carbonyl (C=O) groups is 2. The molecule has 0 aliphatic carbocycles. The molecule has 0 spiro atoms. The number of nitrogens with one attached hydrogen (secondary N) is 2. The molecule has 1 heterocycles. The lowest BCUT2D eigenvalue weighted by atomic mass is 10.3. The van der Waals surface area contributed by atoms with Crippen molar-refractivity contribution >= 4 is 28.3 Å². The molecule has 0 saturated carbocycles. The maximum atomic E-state index is 11.3. The van der Waals surface area contributed by atoms with Gasteiger partial charge in [-0.15, -0.1) is 11.3 Å². The van der Waals surface area contributed by atoms with Crippen LogP contribution in [-0.4, -0.2) is 37.1 Å². The molecule has 1 atom stereocenters. The van der Waals surface area contributed by atoms with Gasteiger partial charge in [-0.05, 0) is 6.92 Å². The fourth-order valence-corrected chi connectivity index (χ4v) is 1.94. The van der Waals surface area contributed by atoms with Gasteiger partial charge >= 0.3 is 5.97 Å². The van der Waals surface area contributed by atoms with Gasteiger partial charge in [-0.1, -0.05) is 0 Å². The molecule has 94 valence electrons. The second-order valence-corrected chi connectivity index (χ2v) is 4.24. The molecule has 0 aliphatic rings. The number of rotatable bonds is 5. The van der Waals surface area contributed by atoms with Crippen LogP contribution in [0.1, 0.15) is 12.6 Å². The molecule has 1 rings (SSSR count). The minimum Gasteiger partial charge on any atom is -0.469 e. The third-order valence-electron chi connectivity index (χ3n) is 2.08. The van der Waals surface area contributed by atoms with E-state index in [1.807, 2.05) is 0 Å². The highest BCUT2D eigenvalue weighted by atomic mass is 32.1. The Labute approximate surface area is 103 Å². The number of nitrogens with zero attached hydrogens (tertiary/aromatic N) is 1. The van der Waals surface area contributed by atoms with E-state index in [9.17, 15) is 9.59 Å². The smallest absolute Gasteiger partial charge is 0.311 e. The highest BCUT2D eigenvalue weighted by molar-refractivity contribution is 7.13. The highest BCUT2D eigenvalue weighted by Gasteiger charge is 2.13. The molecule has 2 N–H and O–H groups in total. The van der Waals surface area contributed by atoms with E-state index in [0.29, 0.717) is 10.8 Å². The Morgan fingerprint density at radius 1 is 1.59 bits per heavy atom. The van der Waals surface area contributed by atoms with Crippen molar-refractivity contribution in [3.05, 3.63) is 11.1 Å². The average molecular weight is 257 g/mol. The maximum Gasteiger partial charge on any atom is 0.311 e. The first-order valence-corrected chi connectivity index (χ1v) is 5.94. The Balaban J connectivity index is 2.56. The summed E-state index contributed by atoms with van der Waals surface area (Å²) < 4.78 is 4.54. The molecular formula is C10H15N3O3S. The maximum absolute atomic E-state index is 11.3. The van der Waals surface area contributed by atoms with E-state index in [1.54, 1.807) is 19.4 Å². The molecule has 0 bridgehead atoms. The van der Waals surface area contributed by atoms with Crippen LogP contribution in [0.4, 0.5) is 5.13 Å². The summed E-state index contributed by atoms with van der Waals surface area (Å²) >= 11 is 1.35. The van der Waals surface area contributed by atoms with Crippen LogP contribution < -0.4 is 10.6 Å². The topological polar surface area (TPSA) is 80.3 Å². The monoisotopic (exact) mass is 257 g/mol. The predicted octanol–water partition coefficient (Wildman–Crippen LogP) is 0.405. The number of thiazole rings is 1. The van der Waals surface area contributed by atoms with Crippen molar-refractivity contribution in [3.63, 3.8) is 0 Å². The summed E-state index contributed by atoms with van der Waals surface area (Å²) in [7, 11) is 2.91. The summed E-state index contributed by atoms with van der Waals surface area (Å²) in [6.45, 7) is 1.74. The fourth-order valence-electron chi connectivity index (χ4n) is 1.14. The lowest BCUT2D eigenvalue weighted by molar-refractivity contribution is -0.139. The number of aromatic nitrogens is 1. The number of esters is 1. The first kappa shape index (κ1) is 13.4. The average Bonchev–Trinajstić information content (AvgIpc) is 2.75. The molecule has 0 radical (unpaired) electrons. The Morgan fingerprint density at radius 3 is 2.88 bits per heavy atom. The van der Waals surface area contributed by atoms with Crippen molar-refractivity contribution in [1.29, 1.82) is 0 Å². The molecule has 17 heavy (non-hydrogen) atoms. The SMILES string of the molecule is CNC(=O)C(C)Nc1nc(CC(=O)OC)cs1. The van der Waals surface area contributed by atoms with Crippen LogP contribution in [0.2, 0.25) is 0 Å². The van der Waals surface area contributed by atoms with Crippen LogP contribution in [0.3, 0.4) is 0 Å². The van der Waals surface area contributed by atoms with E-state index in [4.69, 9.17) is 0 Å². The molecule has 0 saturated heterocycles. The lowest BCUT2D eigenvalue weighted by Crippen LogP contribution is -2.35. The number of ether oxygens (including phenoxy) is 1. The van der Waals surface area contributed by atoms with Gasteiger partial charge in [0, 0.05) is 12.4 Å². The quantitative estimate of drug-likeness (QED) is 0.747. The third-order valence-corrected chi connectivity index (χ3v) is 2.91. The van der Waals surface area contributed by atoms with Gasteiger partial charge in [0.25, 0.3) is 0 Å². The van der Waals surface area contributed by atoms with E-state index in [1.165, 1.54) is 18.4 Å². The molecule has 0 aliphatic heterocycles. The number of carbonyl (C=O) groups excluding carboxylic acids is 2. The zero-order valence-corrected chi connectivity index (χ0v) is 10.8. The van der Waals surface area contributed by atoms with E-state index in [2.05, 4.69) is 20.4 Å². The predicted molar refractivity (Wildman–Crippen MR) is 65.0 cm³/mol. The van der Waals surface area contributed by atoms with Gasteiger partial charge in [-0.2, -0.15) is 0 Å². The van der Waals surface area contributed by atoms with Crippen molar-refractivity contribution in [2.24, 2.45) is 0 Å². The Hall–Kier alpha value is -1.63. The van der Waals surface area contributed by atoms with Gasteiger partial charge in [0.2, 0.25) is 5.91 Å². The minimum absolute atomic E-state index is 0.116. The minimum atomic E-state index is -0.364. The molecule has 1 amide bonds. The molecule has 0 fully saturated rings. The molecule has 7 heteroatoms. The lowest BCUT2D eigenvalue weighted by Gasteiger charge is -2.10. The fraction of sp³-hybridized carbons (Fsp3) is 0.500. The Morgan fingerprint density at radius 2 is 2.29 bits per heavy atom. The third kappa shape index (κ3) is 4.03. The van der Waals surface area contributed by atoms with Gasteiger partial charge in [0.1, 0.15) is 6.04 Å². The standard InChI is InChI=1S/C10H15N3O3S/c1-6(9(15)11-2)12-10-13-7(5-17-10)4-8(14)16-3/h5-6H,4H2,1-3H3,(H,11,15)(H,12,13). The van der Waals surface area contributed by atoms with Crippen molar-refractivity contribution < 1.29 is 14.3 Å². The Bertz CT molecular complexity index is 405. The summed E-state index contributed by atoms with van der Waals surface area (Å²) in [4.78, 5) is 26.5. The second kappa shape index (κ2) is 6.19. The number of anilines is 1. The summed E-state index contributed by atoms with van der Waals surface area (Å²) in [5.74, 6) is -0.448. The van der Waals surface area contributed by atoms with Crippen molar-refractivity contribution in [1.82, 2.24) is 10.3 Å². The zero-order chi connectivity index (χ0) is 12.8. The van der Waals surface area contributed by atoms with Crippen molar-refractivity contribution in [2.75, 3.05) is 19.5 Å². The van der Waals surface area contributed by atoms with Crippen LogP contribution in [-0.2, 0) is 20.7 Å².